The zero-order chi connectivity index (χ0) is 20.1. The fourth-order valence-corrected chi connectivity index (χ4v) is 2.53. The number of rotatable bonds is 7. The van der Waals surface area contributed by atoms with Crippen LogP contribution in [0.5, 0.6) is 0 Å². The molecule has 11 heteroatoms. The Balaban J connectivity index is 2.34. The van der Waals surface area contributed by atoms with Crippen LogP contribution in [0.15, 0.2) is 30.3 Å². The van der Waals surface area contributed by atoms with Gasteiger partial charge in [-0.3, -0.25) is 9.63 Å². The van der Waals surface area contributed by atoms with Gasteiger partial charge in [-0.15, -0.1) is 4.58 Å². The van der Waals surface area contributed by atoms with Crippen molar-refractivity contribution in [2.45, 2.75) is 6.10 Å². The van der Waals surface area contributed by atoms with E-state index >= 15 is 0 Å². The Hall–Kier alpha value is -1.60. The lowest BCUT2D eigenvalue weighted by Crippen LogP contribution is -2.29. The van der Waals surface area contributed by atoms with E-state index in [1.807, 2.05) is 22.6 Å². The molecule has 27 heavy (non-hydrogen) atoms. The molecule has 0 heterocycles. The summed E-state index contributed by atoms with van der Waals surface area (Å²) < 4.78 is 42.7. The molecule has 0 saturated carbocycles. The third-order valence-electron chi connectivity index (χ3n) is 3.27. The van der Waals surface area contributed by atoms with Gasteiger partial charge in [0.15, 0.2) is 11.6 Å². The summed E-state index contributed by atoms with van der Waals surface area (Å²) in [5.74, 6) is -4.53. The molecular formula is C16H13ClF3IN2O4. The summed E-state index contributed by atoms with van der Waals surface area (Å²) in [7, 11) is 0. The van der Waals surface area contributed by atoms with E-state index < -0.39 is 53.9 Å². The van der Waals surface area contributed by atoms with Gasteiger partial charge in [0.2, 0.25) is 0 Å². The monoisotopic (exact) mass is 516 g/mol. The van der Waals surface area contributed by atoms with Crippen LogP contribution in [0, 0.1) is 21.0 Å². The summed E-state index contributed by atoms with van der Waals surface area (Å²) in [6, 6.07) is 5.62. The van der Waals surface area contributed by atoms with Crippen LogP contribution < -0.4 is 5.32 Å². The molecule has 2 rings (SSSR count). The molecule has 0 aliphatic rings. The first-order chi connectivity index (χ1) is 12.7. The minimum absolute atomic E-state index is 0.168. The van der Waals surface area contributed by atoms with Gasteiger partial charge in [0.05, 0.1) is 23.5 Å². The van der Waals surface area contributed by atoms with Crippen LogP contribution in [0.1, 0.15) is 10.4 Å². The molecule has 1 atom stereocenters. The van der Waals surface area contributed by atoms with Crippen molar-refractivity contribution in [3.05, 3.63) is 56.9 Å². The zero-order valence-corrected chi connectivity index (χ0v) is 16.3. The van der Waals surface area contributed by atoms with Gasteiger partial charge in [0.1, 0.15) is 18.5 Å². The van der Waals surface area contributed by atoms with E-state index in [1.165, 1.54) is 12.1 Å². The summed E-state index contributed by atoms with van der Waals surface area (Å²) in [6.45, 7) is -1.16. The first-order valence-corrected chi connectivity index (χ1v) is 8.78. The quantitative estimate of drug-likeness (QED) is 0.299. The molecular weight excluding hydrogens is 504 g/mol. The number of hydrogen-bond donors (Lipinski definition) is 3. The first kappa shape index (κ1) is 21.7. The van der Waals surface area contributed by atoms with Crippen molar-refractivity contribution in [3.63, 3.8) is 0 Å². The highest BCUT2D eigenvalue weighted by Gasteiger charge is 2.24. The highest BCUT2D eigenvalue weighted by molar-refractivity contribution is 14.1. The van der Waals surface area contributed by atoms with Gasteiger partial charge in [0, 0.05) is 15.3 Å². The van der Waals surface area contributed by atoms with Crippen molar-refractivity contribution in [2.24, 2.45) is 0 Å². The molecule has 1 amide bonds. The number of anilines is 2. The Bertz CT molecular complexity index is 844. The molecule has 0 aromatic heterocycles. The molecule has 0 saturated heterocycles. The molecule has 0 spiro atoms. The van der Waals surface area contributed by atoms with Gasteiger partial charge in [-0.05, 0) is 52.9 Å². The maximum Gasteiger partial charge on any atom is 0.295 e. The van der Waals surface area contributed by atoms with Crippen molar-refractivity contribution in [3.8, 4) is 0 Å². The second-order valence-electron chi connectivity index (χ2n) is 5.22. The number of nitrogens with one attached hydrogen (secondary N) is 1. The summed E-state index contributed by atoms with van der Waals surface area (Å²) in [6.07, 6.45) is -1.30. The minimum Gasteiger partial charge on any atom is -0.394 e. The van der Waals surface area contributed by atoms with Gasteiger partial charge in [-0.1, -0.05) is 0 Å². The van der Waals surface area contributed by atoms with Gasteiger partial charge < -0.3 is 15.5 Å². The fourth-order valence-electron chi connectivity index (χ4n) is 1.93. The predicted molar refractivity (Wildman–Crippen MR) is 99.8 cm³/mol. The van der Waals surface area contributed by atoms with Crippen LogP contribution in [-0.4, -0.2) is 40.0 Å². The molecule has 0 aliphatic heterocycles. The van der Waals surface area contributed by atoms with Crippen LogP contribution in [-0.2, 0) is 4.84 Å². The van der Waals surface area contributed by atoms with E-state index in [4.69, 9.17) is 21.7 Å². The number of hydrogen-bond acceptors (Lipinski definition) is 5. The van der Waals surface area contributed by atoms with Crippen molar-refractivity contribution in [1.82, 2.24) is 4.58 Å². The third-order valence-corrected chi connectivity index (χ3v) is 4.19. The summed E-state index contributed by atoms with van der Waals surface area (Å²) in [5, 5.41) is 20.3. The molecule has 6 nitrogen and oxygen atoms in total. The van der Waals surface area contributed by atoms with E-state index in [2.05, 4.69) is 5.32 Å². The lowest BCUT2D eigenvalue weighted by atomic mass is 10.1. The van der Waals surface area contributed by atoms with Crippen LogP contribution in [0.2, 0.25) is 0 Å². The molecule has 2 aromatic carbocycles. The maximum absolute atomic E-state index is 14.3. The summed E-state index contributed by atoms with van der Waals surface area (Å²) in [4.78, 5) is 17.1. The second kappa shape index (κ2) is 9.55. The number of amides is 1. The molecule has 1 unspecified atom stereocenters. The standard InChI is InChI=1S/C16H13ClF3IN2O4/c17-23(27-7-9(25)6-24)16(26)10-2-3-11(18)14(20)15(10)22-13-4-1-8(21)5-12(13)19/h1-5,9,22,24-25H,6-7H2. The number of aliphatic hydroxyl groups excluding tert-OH is 2. The van der Waals surface area contributed by atoms with Crippen molar-refractivity contribution in [1.29, 1.82) is 0 Å². The van der Waals surface area contributed by atoms with Crippen LogP contribution in [0.3, 0.4) is 0 Å². The molecule has 0 fully saturated rings. The minimum atomic E-state index is -1.42. The fraction of sp³-hybridized carbons (Fsp3) is 0.188. The maximum atomic E-state index is 14.3. The lowest BCUT2D eigenvalue weighted by Gasteiger charge is -2.18. The number of carbonyl (C=O) groups is 1. The topological polar surface area (TPSA) is 82.0 Å². The van der Waals surface area contributed by atoms with E-state index in [-0.39, 0.29) is 10.3 Å². The summed E-state index contributed by atoms with van der Waals surface area (Å²) in [5.41, 5.74) is -1.27. The average Bonchev–Trinajstić information content (AvgIpc) is 2.64. The molecule has 0 aliphatic carbocycles. The first-order valence-electron chi connectivity index (χ1n) is 7.36. The van der Waals surface area contributed by atoms with E-state index in [1.54, 1.807) is 0 Å². The van der Waals surface area contributed by atoms with Gasteiger partial charge in [-0.25, -0.2) is 13.2 Å². The number of carbonyl (C=O) groups excluding carboxylic acids is 1. The highest BCUT2D eigenvalue weighted by atomic mass is 127. The number of nitrogens with zero attached hydrogens (tertiary/aromatic N) is 1. The van der Waals surface area contributed by atoms with Gasteiger partial charge in [-0.2, -0.15) is 0 Å². The Kier molecular flexibility index (Phi) is 7.68. The number of benzene rings is 2. The summed E-state index contributed by atoms with van der Waals surface area (Å²) >= 11 is 7.51. The van der Waals surface area contributed by atoms with Crippen molar-refractivity contribution < 1.29 is 33.0 Å². The van der Waals surface area contributed by atoms with E-state index in [9.17, 15) is 23.1 Å². The second-order valence-corrected chi connectivity index (χ2v) is 6.77. The average molecular weight is 517 g/mol. The number of halogens is 5. The Labute approximate surface area is 170 Å². The normalized spacial score (nSPS) is 12.0. The Morgan fingerprint density at radius 3 is 2.59 bits per heavy atom. The van der Waals surface area contributed by atoms with Crippen molar-refractivity contribution in [2.75, 3.05) is 18.5 Å². The lowest BCUT2D eigenvalue weighted by molar-refractivity contribution is -0.0980. The SMILES string of the molecule is O=C(c1ccc(F)c(F)c1Nc1ccc(I)cc1F)N(Cl)OCC(O)CO. The molecule has 146 valence electrons. The van der Waals surface area contributed by atoms with Crippen LogP contribution in [0.25, 0.3) is 0 Å². The predicted octanol–water partition coefficient (Wildman–Crippen LogP) is 3.33. The Morgan fingerprint density at radius 1 is 1.26 bits per heavy atom. The van der Waals surface area contributed by atoms with Crippen LogP contribution in [0.4, 0.5) is 24.5 Å². The molecule has 3 N–H and O–H groups in total. The zero-order valence-electron chi connectivity index (χ0n) is 13.4. The van der Waals surface area contributed by atoms with Crippen LogP contribution >= 0.6 is 34.4 Å². The molecule has 2 aromatic rings. The molecule has 0 radical (unpaired) electrons. The largest absolute Gasteiger partial charge is 0.394 e. The smallest absolute Gasteiger partial charge is 0.295 e. The van der Waals surface area contributed by atoms with Crippen molar-refractivity contribution >= 4 is 51.6 Å². The molecule has 0 bridgehead atoms. The number of aliphatic hydroxyl groups is 2. The Morgan fingerprint density at radius 2 is 1.96 bits per heavy atom. The number of hydroxylamine groups is 1. The highest BCUT2D eigenvalue weighted by Crippen LogP contribution is 2.29. The van der Waals surface area contributed by atoms with E-state index in [0.717, 1.165) is 12.1 Å². The van der Waals surface area contributed by atoms with Gasteiger partial charge in [0.25, 0.3) is 5.91 Å². The third kappa shape index (κ3) is 5.45. The van der Waals surface area contributed by atoms with Gasteiger partial charge >= 0.3 is 0 Å². The van der Waals surface area contributed by atoms with E-state index in [0.29, 0.717) is 9.64 Å².